The van der Waals surface area contributed by atoms with Gasteiger partial charge in [-0.2, -0.15) is 0 Å². The Morgan fingerprint density at radius 1 is 1.47 bits per heavy atom. The van der Waals surface area contributed by atoms with Gasteiger partial charge in [0.1, 0.15) is 11.8 Å². The molecule has 1 atom stereocenters. The van der Waals surface area contributed by atoms with Gasteiger partial charge < -0.3 is 15.6 Å². The fraction of sp³-hybridized carbons (Fsp3) is 0.462. The summed E-state index contributed by atoms with van der Waals surface area (Å²) in [6.45, 7) is 5.56. The molecule has 0 fully saturated rings. The van der Waals surface area contributed by atoms with E-state index >= 15 is 0 Å². The first kappa shape index (κ1) is 13.5. The smallest absolute Gasteiger partial charge is 0.321 e. The second-order valence-electron chi connectivity index (χ2n) is 4.74. The third-order valence-electron chi connectivity index (χ3n) is 3.09. The molecule has 0 bridgehead atoms. The van der Waals surface area contributed by atoms with Gasteiger partial charge in [0.2, 0.25) is 0 Å². The van der Waals surface area contributed by atoms with Crippen molar-refractivity contribution in [1.29, 1.82) is 0 Å². The average molecular weight is 237 g/mol. The van der Waals surface area contributed by atoms with Gasteiger partial charge in [0.25, 0.3) is 0 Å². The van der Waals surface area contributed by atoms with Crippen molar-refractivity contribution < 1.29 is 14.6 Å². The Balaban J connectivity index is 3.27. The summed E-state index contributed by atoms with van der Waals surface area (Å²) in [5.41, 5.74) is 6.91. The number of hydrogen-bond donors (Lipinski definition) is 2. The molecule has 94 valence electrons. The Hall–Kier alpha value is -1.55. The molecule has 0 saturated carbocycles. The van der Waals surface area contributed by atoms with Crippen molar-refractivity contribution >= 4 is 5.97 Å². The molecule has 0 amide bonds. The van der Waals surface area contributed by atoms with Crippen molar-refractivity contribution in [2.24, 2.45) is 5.73 Å². The van der Waals surface area contributed by atoms with Crippen molar-refractivity contribution in [3.63, 3.8) is 0 Å². The van der Waals surface area contributed by atoms with E-state index in [0.29, 0.717) is 5.75 Å². The standard InChI is InChI=1S/C13H19NO3/c1-8-5-6-9(10(7-8)17-4)13(2,3)11(14)12(15)16/h5-7,11H,14H2,1-4H3,(H,15,16). The third-order valence-corrected chi connectivity index (χ3v) is 3.09. The molecule has 0 aliphatic rings. The monoisotopic (exact) mass is 237 g/mol. The normalized spacial score (nSPS) is 13.2. The molecule has 4 nitrogen and oxygen atoms in total. The quantitative estimate of drug-likeness (QED) is 0.836. The summed E-state index contributed by atoms with van der Waals surface area (Å²) in [7, 11) is 1.57. The second-order valence-corrected chi connectivity index (χ2v) is 4.74. The third kappa shape index (κ3) is 2.58. The van der Waals surface area contributed by atoms with Crippen LogP contribution in [0.2, 0.25) is 0 Å². The van der Waals surface area contributed by atoms with Crippen LogP contribution >= 0.6 is 0 Å². The number of methoxy groups -OCH3 is 1. The first-order chi connectivity index (χ1) is 7.80. The van der Waals surface area contributed by atoms with E-state index in [1.165, 1.54) is 0 Å². The molecule has 1 unspecified atom stereocenters. The van der Waals surface area contributed by atoms with Gasteiger partial charge in [-0.1, -0.05) is 26.0 Å². The van der Waals surface area contributed by atoms with Gasteiger partial charge in [0.15, 0.2) is 0 Å². The summed E-state index contributed by atoms with van der Waals surface area (Å²) >= 11 is 0. The lowest BCUT2D eigenvalue weighted by atomic mass is 9.77. The van der Waals surface area contributed by atoms with Crippen molar-refractivity contribution in [2.75, 3.05) is 7.11 Å². The molecule has 0 heterocycles. The van der Waals surface area contributed by atoms with Crippen LogP contribution in [-0.4, -0.2) is 24.2 Å². The Kier molecular flexibility index (Phi) is 3.78. The second kappa shape index (κ2) is 4.75. The summed E-state index contributed by atoms with van der Waals surface area (Å²) in [6, 6.07) is 4.70. The molecule has 0 aromatic heterocycles. The molecule has 0 radical (unpaired) electrons. The number of aryl methyl sites for hydroxylation is 1. The van der Waals surface area contributed by atoms with Gasteiger partial charge in [-0.05, 0) is 18.6 Å². The zero-order chi connectivity index (χ0) is 13.2. The van der Waals surface area contributed by atoms with Gasteiger partial charge >= 0.3 is 5.97 Å². The highest BCUT2D eigenvalue weighted by molar-refractivity contribution is 5.76. The maximum Gasteiger partial charge on any atom is 0.321 e. The number of rotatable bonds is 4. The fourth-order valence-electron chi connectivity index (χ4n) is 1.81. The number of carboxylic acids is 1. The summed E-state index contributed by atoms with van der Waals surface area (Å²) in [4.78, 5) is 11.0. The summed E-state index contributed by atoms with van der Waals surface area (Å²) < 4.78 is 5.29. The highest BCUT2D eigenvalue weighted by atomic mass is 16.5. The lowest BCUT2D eigenvalue weighted by molar-refractivity contribution is -0.140. The van der Waals surface area contributed by atoms with E-state index < -0.39 is 17.4 Å². The number of ether oxygens (including phenoxy) is 1. The minimum Gasteiger partial charge on any atom is -0.496 e. The molecule has 3 N–H and O–H groups in total. The first-order valence-corrected chi connectivity index (χ1v) is 5.44. The predicted octanol–water partition coefficient (Wildman–Crippen LogP) is 1.69. The molecule has 0 saturated heterocycles. The zero-order valence-corrected chi connectivity index (χ0v) is 10.7. The molecule has 4 heteroatoms. The predicted molar refractivity (Wildman–Crippen MR) is 66.4 cm³/mol. The number of carboxylic acid groups (broad SMARTS) is 1. The highest BCUT2D eigenvalue weighted by Gasteiger charge is 2.35. The van der Waals surface area contributed by atoms with E-state index in [0.717, 1.165) is 11.1 Å². The SMILES string of the molecule is COc1cc(C)ccc1C(C)(C)C(N)C(=O)O. The Bertz CT molecular complexity index is 427. The van der Waals surface area contributed by atoms with Crippen LogP contribution in [0.4, 0.5) is 0 Å². The molecule has 0 aliphatic carbocycles. The lowest BCUT2D eigenvalue weighted by Gasteiger charge is -2.30. The molecule has 1 aromatic rings. The van der Waals surface area contributed by atoms with Gasteiger partial charge in [0.05, 0.1) is 7.11 Å². The molecule has 1 aromatic carbocycles. The number of carbonyl (C=O) groups is 1. The van der Waals surface area contributed by atoms with Crippen LogP contribution in [-0.2, 0) is 10.2 Å². The molecule has 0 aliphatic heterocycles. The van der Waals surface area contributed by atoms with Crippen molar-refractivity contribution in [3.8, 4) is 5.75 Å². The number of hydrogen-bond acceptors (Lipinski definition) is 3. The largest absolute Gasteiger partial charge is 0.496 e. The van der Waals surface area contributed by atoms with Crippen LogP contribution in [0, 0.1) is 6.92 Å². The van der Waals surface area contributed by atoms with Gasteiger partial charge in [-0.15, -0.1) is 0 Å². The minimum absolute atomic E-state index is 0.673. The van der Waals surface area contributed by atoms with Gasteiger partial charge in [-0.25, -0.2) is 0 Å². The van der Waals surface area contributed by atoms with Crippen LogP contribution < -0.4 is 10.5 Å². The maximum atomic E-state index is 11.0. The molecular formula is C13H19NO3. The molecule has 1 rings (SSSR count). The van der Waals surface area contributed by atoms with E-state index in [4.69, 9.17) is 15.6 Å². The zero-order valence-electron chi connectivity index (χ0n) is 10.7. The van der Waals surface area contributed by atoms with E-state index in [-0.39, 0.29) is 0 Å². The summed E-state index contributed by atoms with van der Waals surface area (Å²) in [5, 5.41) is 9.03. The minimum atomic E-state index is -1.02. The lowest BCUT2D eigenvalue weighted by Crippen LogP contribution is -2.46. The topological polar surface area (TPSA) is 72.5 Å². The van der Waals surface area contributed by atoms with Crippen LogP contribution in [0.15, 0.2) is 18.2 Å². The Morgan fingerprint density at radius 3 is 2.53 bits per heavy atom. The Labute approximate surface area is 101 Å². The van der Waals surface area contributed by atoms with Crippen LogP contribution in [0.25, 0.3) is 0 Å². The molecule has 0 spiro atoms. The fourth-order valence-corrected chi connectivity index (χ4v) is 1.81. The summed E-state index contributed by atoms with van der Waals surface area (Å²) in [5.74, 6) is -0.343. The Morgan fingerprint density at radius 2 is 2.06 bits per heavy atom. The van der Waals surface area contributed by atoms with Crippen LogP contribution in [0.3, 0.4) is 0 Å². The highest BCUT2D eigenvalue weighted by Crippen LogP contribution is 2.34. The van der Waals surface area contributed by atoms with Crippen molar-refractivity contribution in [3.05, 3.63) is 29.3 Å². The number of benzene rings is 1. The van der Waals surface area contributed by atoms with E-state index in [1.54, 1.807) is 21.0 Å². The van der Waals surface area contributed by atoms with E-state index in [1.807, 2.05) is 25.1 Å². The van der Waals surface area contributed by atoms with Crippen molar-refractivity contribution in [2.45, 2.75) is 32.2 Å². The van der Waals surface area contributed by atoms with Gasteiger partial charge in [0, 0.05) is 11.0 Å². The van der Waals surface area contributed by atoms with E-state index in [2.05, 4.69) is 0 Å². The van der Waals surface area contributed by atoms with Crippen LogP contribution in [0.5, 0.6) is 5.75 Å². The molecular weight excluding hydrogens is 218 g/mol. The van der Waals surface area contributed by atoms with Gasteiger partial charge in [-0.3, -0.25) is 4.79 Å². The van der Waals surface area contributed by atoms with E-state index in [9.17, 15) is 4.79 Å². The van der Waals surface area contributed by atoms with Crippen molar-refractivity contribution in [1.82, 2.24) is 0 Å². The maximum absolute atomic E-state index is 11.0. The average Bonchev–Trinajstić information content (AvgIpc) is 2.27. The molecule has 17 heavy (non-hydrogen) atoms. The number of nitrogens with two attached hydrogens (primary N) is 1. The van der Waals surface area contributed by atoms with Crippen LogP contribution in [0.1, 0.15) is 25.0 Å². The first-order valence-electron chi connectivity index (χ1n) is 5.44. The number of aliphatic carboxylic acids is 1. The summed E-state index contributed by atoms with van der Waals surface area (Å²) in [6.07, 6.45) is 0.